The molecular weight excluding hydrogens is 176 g/mol. The Hall–Kier alpha value is -0.480. The van der Waals surface area contributed by atoms with Crippen LogP contribution < -0.4 is 0 Å². The predicted molar refractivity (Wildman–Crippen MR) is 50.9 cm³/mol. The standard InChI is InChI=1S/C7H10N2S2/c1-3-5-4(2)8-7(11)9-6(5)10/h3H2,1-2H3,(H2,8,9,10,11). The summed E-state index contributed by atoms with van der Waals surface area (Å²) in [6.07, 6.45) is 0.938. The first-order valence-electron chi connectivity index (χ1n) is 3.47. The van der Waals surface area contributed by atoms with Crippen molar-refractivity contribution in [1.82, 2.24) is 9.97 Å². The molecule has 0 aliphatic carbocycles. The zero-order valence-corrected chi connectivity index (χ0v) is 8.16. The first kappa shape index (κ1) is 8.62. The maximum atomic E-state index is 5.08. The molecule has 0 bridgehead atoms. The minimum Gasteiger partial charge on any atom is -0.336 e. The van der Waals surface area contributed by atoms with E-state index in [1.54, 1.807) is 0 Å². The van der Waals surface area contributed by atoms with Gasteiger partial charge in [0.1, 0.15) is 4.64 Å². The van der Waals surface area contributed by atoms with Gasteiger partial charge in [-0.25, -0.2) is 0 Å². The summed E-state index contributed by atoms with van der Waals surface area (Å²) in [7, 11) is 0. The van der Waals surface area contributed by atoms with Gasteiger partial charge in [0.05, 0.1) is 0 Å². The first-order valence-corrected chi connectivity index (χ1v) is 4.29. The van der Waals surface area contributed by atoms with Gasteiger partial charge in [-0.3, -0.25) is 0 Å². The van der Waals surface area contributed by atoms with Crippen molar-refractivity contribution in [2.45, 2.75) is 20.3 Å². The normalized spacial score (nSPS) is 10.0. The Morgan fingerprint density at radius 3 is 2.36 bits per heavy atom. The van der Waals surface area contributed by atoms with Crippen LogP contribution in [-0.2, 0) is 6.42 Å². The summed E-state index contributed by atoms with van der Waals surface area (Å²) >= 11 is 10.0. The minimum atomic E-state index is 0.602. The number of nitrogens with one attached hydrogen (secondary N) is 2. The summed E-state index contributed by atoms with van der Waals surface area (Å²) in [6, 6.07) is 0. The van der Waals surface area contributed by atoms with Crippen LogP contribution in [0.25, 0.3) is 0 Å². The van der Waals surface area contributed by atoms with Crippen molar-refractivity contribution in [3.8, 4) is 0 Å². The van der Waals surface area contributed by atoms with E-state index in [4.69, 9.17) is 24.4 Å². The molecule has 2 nitrogen and oxygen atoms in total. The zero-order chi connectivity index (χ0) is 8.43. The summed E-state index contributed by atoms with van der Waals surface area (Å²) < 4.78 is 1.36. The van der Waals surface area contributed by atoms with Crippen molar-refractivity contribution in [2.24, 2.45) is 0 Å². The van der Waals surface area contributed by atoms with Crippen LogP contribution in [0.5, 0.6) is 0 Å². The molecule has 0 aliphatic rings. The molecule has 1 rings (SSSR count). The molecule has 60 valence electrons. The third kappa shape index (κ3) is 1.75. The van der Waals surface area contributed by atoms with Crippen molar-refractivity contribution in [3.05, 3.63) is 20.7 Å². The Morgan fingerprint density at radius 1 is 1.27 bits per heavy atom. The average Bonchev–Trinajstić information content (AvgIpc) is 1.85. The van der Waals surface area contributed by atoms with E-state index in [1.165, 1.54) is 0 Å². The van der Waals surface area contributed by atoms with E-state index in [2.05, 4.69) is 16.9 Å². The molecular formula is C7H10N2S2. The van der Waals surface area contributed by atoms with E-state index < -0.39 is 0 Å². The Morgan fingerprint density at radius 2 is 1.91 bits per heavy atom. The SMILES string of the molecule is CCc1c(C)[nH]c(=S)[nH]c1=S. The molecule has 2 N–H and O–H groups in total. The molecule has 0 unspecified atom stereocenters. The second-order valence-electron chi connectivity index (χ2n) is 2.37. The maximum absolute atomic E-state index is 5.08. The van der Waals surface area contributed by atoms with E-state index in [9.17, 15) is 0 Å². The van der Waals surface area contributed by atoms with Gasteiger partial charge >= 0.3 is 0 Å². The molecule has 11 heavy (non-hydrogen) atoms. The van der Waals surface area contributed by atoms with E-state index in [1.807, 2.05) is 6.92 Å². The number of hydrogen-bond acceptors (Lipinski definition) is 2. The highest BCUT2D eigenvalue weighted by atomic mass is 32.1. The molecule has 0 fully saturated rings. The molecule has 0 saturated carbocycles. The van der Waals surface area contributed by atoms with Gasteiger partial charge in [0.15, 0.2) is 4.77 Å². The van der Waals surface area contributed by atoms with E-state index in [0.717, 1.165) is 22.3 Å². The van der Waals surface area contributed by atoms with Crippen LogP contribution in [-0.4, -0.2) is 9.97 Å². The molecule has 1 aromatic rings. The van der Waals surface area contributed by atoms with Crippen molar-refractivity contribution >= 4 is 24.4 Å². The molecule has 1 heterocycles. The number of hydrogen-bond donors (Lipinski definition) is 2. The molecule has 0 spiro atoms. The lowest BCUT2D eigenvalue weighted by Crippen LogP contribution is -1.95. The molecule has 0 radical (unpaired) electrons. The number of aromatic nitrogens is 2. The van der Waals surface area contributed by atoms with Crippen molar-refractivity contribution < 1.29 is 0 Å². The van der Waals surface area contributed by atoms with Crippen molar-refractivity contribution in [1.29, 1.82) is 0 Å². The van der Waals surface area contributed by atoms with Crippen LogP contribution >= 0.6 is 24.4 Å². The monoisotopic (exact) mass is 186 g/mol. The van der Waals surface area contributed by atoms with Gasteiger partial charge < -0.3 is 9.97 Å². The molecule has 0 aliphatic heterocycles. The van der Waals surface area contributed by atoms with Crippen LogP contribution in [0.2, 0.25) is 0 Å². The third-order valence-corrected chi connectivity index (χ3v) is 2.16. The Balaban J connectivity index is 3.49. The predicted octanol–water partition coefficient (Wildman–Crippen LogP) is 2.67. The summed E-state index contributed by atoms with van der Waals surface area (Å²) in [6.45, 7) is 4.06. The van der Waals surface area contributed by atoms with Gasteiger partial charge in [0, 0.05) is 11.3 Å². The number of aromatic amines is 2. The van der Waals surface area contributed by atoms with E-state index in [0.29, 0.717) is 4.77 Å². The number of H-pyrrole nitrogens is 2. The lowest BCUT2D eigenvalue weighted by molar-refractivity contribution is 0.969. The van der Waals surface area contributed by atoms with Gasteiger partial charge in [-0.05, 0) is 25.6 Å². The maximum Gasteiger partial charge on any atom is 0.175 e. The Bertz CT molecular complexity index is 361. The highest BCUT2D eigenvalue weighted by Crippen LogP contribution is 2.05. The summed E-state index contributed by atoms with van der Waals surface area (Å²) in [5.74, 6) is 0. The Labute approximate surface area is 75.7 Å². The lowest BCUT2D eigenvalue weighted by atomic mass is 10.2. The average molecular weight is 186 g/mol. The number of rotatable bonds is 1. The molecule has 4 heteroatoms. The Kier molecular flexibility index (Phi) is 2.57. The fraction of sp³-hybridized carbons (Fsp3) is 0.429. The van der Waals surface area contributed by atoms with Gasteiger partial charge in [-0.2, -0.15) is 0 Å². The van der Waals surface area contributed by atoms with Crippen LogP contribution in [0, 0.1) is 16.3 Å². The molecule has 0 saturated heterocycles. The topological polar surface area (TPSA) is 31.6 Å². The van der Waals surface area contributed by atoms with Crippen molar-refractivity contribution in [2.75, 3.05) is 0 Å². The van der Waals surface area contributed by atoms with Crippen molar-refractivity contribution in [3.63, 3.8) is 0 Å². The zero-order valence-electron chi connectivity index (χ0n) is 6.52. The van der Waals surface area contributed by atoms with E-state index >= 15 is 0 Å². The highest BCUT2D eigenvalue weighted by molar-refractivity contribution is 7.72. The van der Waals surface area contributed by atoms with Gasteiger partial charge in [0.2, 0.25) is 0 Å². The van der Waals surface area contributed by atoms with E-state index in [-0.39, 0.29) is 0 Å². The highest BCUT2D eigenvalue weighted by Gasteiger charge is 1.96. The third-order valence-electron chi connectivity index (χ3n) is 1.61. The molecule has 1 aromatic heterocycles. The summed E-state index contributed by atoms with van der Waals surface area (Å²) in [5.41, 5.74) is 2.22. The van der Waals surface area contributed by atoms with Crippen LogP contribution in [0.4, 0.5) is 0 Å². The quantitative estimate of drug-likeness (QED) is 0.661. The molecule has 0 atom stereocenters. The minimum absolute atomic E-state index is 0.602. The second-order valence-corrected chi connectivity index (χ2v) is 3.18. The summed E-state index contributed by atoms with van der Waals surface area (Å²) in [5, 5.41) is 0. The lowest BCUT2D eigenvalue weighted by Gasteiger charge is -2.01. The second kappa shape index (κ2) is 3.28. The van der Waals surface area contributed by atoms with Gasteiger partial charge in [0.25, 0.3) is 0 Å². The largest absolute Gasteiger partial charge is 0.336 e. The first-order chi connectivity index (χ1) is 5.15. The fourth-order valence-corrected chi connectivity index (χ4v) is 1.77. The van der Waals surface area contributed by atoms with Gasteiger partial charge in [-0.15, -0.1) is 0 Å². The summed E-state index contributed by atoms with van der Waals surface area (Å²) in [4.78, 5) is 5.93. The molecule has 0 amide bonds. The van der Waals surface area contributed by atoms with Crippen LogP contribution in [0.15, 0.2) is 0 Å². The molecule has 0 aromatic carbocycles. The smallest absolute Gasteiger partial charge is 0.175 e. The number of aryl methyl sites for hydroxylation is 1. The van der Waals surface area contributed by atoms with Crippen LogP contribution in [0.1, 0.15) is 18.2 Å². The van der Waals surface area contributed by atoms with Gasteiger partial charge in [-0.1, -0.05) is 19.1 Å². The fourth-order valence-electron chi connectivity index (χ4n) is 1.05. The van der Waals surface area contributed by atoms with Crippen LogP contribution in [0.3, 0.4) is 0 Å².